The zero-order chi connectivity index (χ0) is 15.7. The van der Waals surface area contributed by atoms with E-state index >= 15 is 0 Å². The van der Waals surface area contributed by atoms with Gasteiger partial charge in [-0.2, -0.15) is 5.06 Å². The van der Waals surface area contributed by atoms with Crippen molar-refractivity contribution in [1.29, 1.82) is 0 Å². The summed E-state index contributed by atoms with van der Waals surface area (Å²) in [6.07, 6.45) is -0.931. The van der Waals surface area contributed by atoms with E-state index in [1.807, 2.05) is 0 Å². The molecule has 4 amide bonds. The van der Waals surface area contributed by atoms with E-state index in [9.17, 15) is 19.6 Å². The van der Waals surface area contributed by atoms with Gasteiger partial charge in [0.05, 0.1) is 12.6 Å². The third-order valence-electron chi connectivity index (χ3n) is 3.40. The molecule has 9 nitrogen and oxygen atoms in total. The van der Waals surface area contributed by atoms with E-state index in [4.69, 9.17) is 0 Å². The Morgan fingerprint density at radius 2 is 2.05 bits per heavy atom. The van der Waals surface area contributed by atoms with E-state index in [0.717, 1.165) is 0 Å². The van der Waals surface area contributed by atoms with E-state index in [2.05, 4.69) is 10.1 Å². The van der Waals surface area contributed by atoms with Crippen LogP contribution in [0, 0.1) is 0 Å². The highest BCUT2D eigenvalue weighted by Crippen LogP contribution is 2.32. The lowest BCUT2D eigenvalue weighted by atomic mass is 10.0. The molecule has 0 bridgehead atoms. The van der Waals surface area contributed by atoms with Crippen LogP contribution in [0.3, 0.4) is 0 Å². The number of ether oxygens (including phenoxy) is 1. The molecular formula is C11H20N4O5. The molecule has 1 aliphatic rings. The first-order valence-corrected chi connectivity index (χ1v) is 5.99. The molecule has 0 aromatic carbocycles. The smallest absolute Gasteiger partial charge is 0.342 e. The number of nitrogens with one attached hydrogen (secondary N) is 1. The van der Waals surface area contributed by atoms with E-state index in [1.165, 1.54) is 31.0 Å². The third-order valence-corrected chi connectivity index (χ3v) is 3.40. The van der Waals surface area contributed by atoms with Crippen molar-refractivity contribution in [2.24, 2.45) is 0 Å². The van der Waals surface area contributed by atoms with Crippen LogP contribution in [0.5, 0.6) is 0 Å². The molecule has 9 heteroatoms. The van der Waals surface area contributed by atoms with Gasteiger partial charge in [-0.1, -0.05) is 0 Å². The fraction of sp³-hybridized carbons (Fsp3) is 0.727. The maximum absolute atomic E-state index is 12.2. The number of carbonyl (C=O) groups excluding carboxylic acids is 3. The molecule has 0 saturated carbocycles. The van der Waals surface area contributed by atoms with Crippen LogP contribution in [0.4, 0.5) is 9.59 Å². The highest BCUT2D eigenvalue weighted by molar-refractivity contribution is 5.84. The number of esters is 1. The molecule has 0 aromatic heterocycles. The van der Waals surface area contributed by atoms with Gasteiger partial charge in [0.15, 0.2) is 6.17 Å². The molecule has 2 N–H and O–H groups in total. The van der Waals surface area contributed by atoms with Crippen molar-refractivity contribution in [2.45, 2.75) is 25.6 Å². The SMILES string of the molecule is CNC(=O)N(O)[C@@H]1N(C)C(=O)N(CC(=O)OC)C1(C)C. The van der Waals surface area contributed by atoms with Gasteiger partial charge >= 0.3 is 18.0 Å². The quantitative estimate of drug-likeness (QED) is 0.420. The van der Waals surface area contributed by atoms with Crippen molar-refractivity contribution in [3.05, 3.63) is 0 Å². The standard InChI is InChI=1S/C11H20N4O5/c1-11(2)8(15(19)9(17)12-3)13(4)10(18)14(11)6-7(16)20-5/h8,19H,6H2,1-5H3,(H,12,17)/t8-/m0/s1. The van der Waals surface area contributed by atoms with Crippen molar-refractivity contribution in [2.75, 3.05) is 27.7 Å². The first kappa shape index (κ1) is 16.0. The lowest BCUT2D eigenvalue weighted by molar-refractivity contribution is -0.145. The Morgan fingerprint density at radius 3 is 2.50 bits per heavy atom. The Balaban J connectivity index is 3.07. The Hall–Kier alpha value is -2.03. The van der Waals surface area contributed by atoms with Gasteiger partial charge in [0.1, 0.15) is 6.54 Å². The number of urea groups is 2. The van der Waals surface area contributed by atoms with Crippen molar-refractivity contribution >= 4 is 18.0 Å². The van der Waals surface area contributed by atoms with E-state index in [-0.39, 0.29) is 6.54 Å². The lowest BCUT2D eigenvalue weighted by Gasteiger charge is -2.37. The maximum Gasteiger partial charge on any atom is 0.342 e. The Morgan fingerprint density at radius 1 is 1.50 bits per heavy atom. The molecule has 0 radical (unpaired) electrons. The van der Waals surface area contributed by atoms with Crippen LogP contribution in [-0.2, 0) is 9.53 Å². The number of nitrogens with zero attached hydrogens (tertiary/aromatic N) is 3. The Bertz CT molecular complexity index is 425. The van der Waals surface area contributed by atoms with Crippen LogP contribution in [0.25, 0.3) is 0 Å². The molecule has 0 unspecified atom stereocenters. The molecule has 1 rings (SSSR count). The molecule has 1 atom stereocenters. The van der Waals surface area contributed by atoms with Gasteiger partial charge in [-0.3, -0.25) is 10.0 Å². The predicted molar refractivity (Wildman–Crippen MR) is 67.8 cm³/mol. The molecular weight excluding hydrogens is 268 g/mol. The van der Waals surface area contributed by atoms with Crippen molar-refractivity contribution in [3.8, 4) is 0 Å². The second-order valence-electron chi connectivity index (χ2n) is 4.98. The molecule has 114 valence electrons. The van der Waals surface area contributed by atoms with E-state index in [1.54, 1.807) is 13.8 Å². The molecule has 0 aliphatic carbocycles. The fourth-order valence-corrected chi connectivity index (χ4v) is 2.31. The second kappa shape index (κ2) is 5.53. The number of amides is 4. The fourth-order valence-electron chi connectivity index (χ4n) is 2.31. The van der Waals surface area contributed by atoms with Crippen LogP contribution in [0.2, 0.25) is 0 Å². The number of methoxy groups -OCH3 is 1. The maximum atomic E-state index is 12.2. The van der Waals surface area contributed by atoms with E-state index < -0.39 is 29.7 Å². The summed E-state index contributed by atoms with van der Waals surface area (Å²) in [4.78, 5) is 37.5. The molecule has 1 saturated heterocycles. The number of hydroxylamine groups is 2. The van der Waals surface area contributed by atoms with Crippen LogP contribution < -0.4 is 5.32 Å². The lowest BCUT2D eigenvalue weighted by Crippen LogP contribution is -2.58. The Labute approximate surface area is 117 Å². The summed E-state index contributed by atoms with van der Waals surface area (Å²) >= 11 is 0. The van der Waals surface area contributed by atoms with E-state index in [0.29, 0.717) is 5.06 Å². The van der Waals surface area contributed by atoms with Crippen LogP contribution in [0.1, 0.15) is 13.8 Å². The summed E-state index contributed by atoms with van der Waals surface area (Å²) in [6, 6.07) is -1.23. The molecule has 0 aromatic rings. The zero-order valence-corrected chi connectivity index (χ0v) is 12.2. The highest BCUT2D eigenvalue weighted by atomic mass is 16.5. The van der Waals surface area contributed by atoms with Crippen LogP contribution >= 0.6 is 0 Å². The first-order chi connectivity index (χ1) is 9.18. The summed E-state index contributed by atoms with van der Waals surface area (Å²) < 4.78 is 4.55. The number of likely N-dealkylation sites (N-methyl/N-ethyl adjacent to an activating group) is 1. The molecule has 1 heterocycles. The van der Waals surface area contributed by atoms with Gasteiger partial charge in [-0.05, 0) is 13.8 Å². The number of hydrogen-bond acceptors (Lipinski definition) is 5. The molecule has 0 spiro atoms. The largest absolute Gasteiger partial charge is 0.468 e. The Kier molecular flexibility index (Phi) is 4.43. The minimum Gasteiger partial charge on any atom is -0.468 e. The van der Waals surface area contributed by atoms with Crippen molar-refractivity contribution < 1.29 is 24.3 Å². The minimum atomic E-state index is -0.971. The minimum absolute atomic E-state index is 0.259. The summed E-state index contributed by atoms with van der Waals surface area (Å²) in [5.74, 6) is -0.579. The number of rotatable bonds is 3. The topological polar surface area (TPSA) is 102 Å². The average Bonchev–Trinajstić information content (AvgIpc) is 2.56. The van der Waals surface area contributed by atoms with Crippen LogP contribution in [-0.4, -0.2) is 77.6 Å². The normalized spacial score (nSPS) is 20.9. The van der Waals surface area contributed by atoms with Gasteiger partial charge in [0.25, 0.3) is 0 Å². The number of hydrogen-bond donors (Lipinski definition) is 2. The van der Waals surface area contributed by atoms with Gasteiger partial charge in [-0.15, -0.1) is 0 Å². The molecule has 1 aliphatic heterocycles. The third kappa shape index (κ3) is 2.48. The monoisotopic (exact) mass is 288 g/mol. The summed E-state index contributed by atoms with van der Waals surface area (Å²) in [7, 11) is 4.03. The van der Waals surface area contributed by atoms with Gasteiger partial charge in [-0.25, -0.2) is 9.59 Å². The summed E-state index contributed by atoms with van der Waals surface area (Å²) in [5.41, 5.74) is -0.971. The van der Waals surface area contributed by atoms with Gasteiger partial charge in [0, 0.05) is 14.1 Å². The van der Waals surface area contributed by atoms with Gasteiger partial charge < -0.3 is 19.9 Å². The first-order valence-electron chi connectivity index (χ1n) is 5.99. The van der Waals surface area contributed by atoms with Crippen LogP contribution in [0.15, 0.2) is 0 Å². The summed E-state index contributed by atoms with van der Waals surface area (Å²) in [5, 5.41) is 12.6. The van der Waals surface area contributed by atoms with Gasteiger partial charge in [0.2, 0.25) is 0 Å². The summed E-state index contributed by atoms with van der Waals surface area (Å²) in [6.45, 7) is 3.03. The highest BCUT2D eigenvalue weighted by Gasteiger charge is 2.54. The van der Waals surface area contributed by atoms with Crippen molar-refractivity contribution in [1.82, 2.24) is 20.2 Å². The molecule has 20 heavy (non-hydrogen) atoms. The predicted octanol–water partition coefficient (Wildman–Crippen LogP) is -0.338. The van der Waals surface area contributed by atoms with Crippen molar-refractivity contribution in [3.63, 3.8) is 0 Å². The zero-order valence-electron chi connectivity index (χ0n) is 12.2. The molecule has 1 fully saturated rings. The average molecular weight is 288 g/mol. The number of carbonyl (C=O) groups is 3. The second-order valence-corrected chi connectivity index (χ2v) is 4.98.